The van der Waals surface area contributed by atoms with Gasteiger partial charge >= 0.3 is 0 Å². The third-order valence-electron chi connectivity index (χ3n) is 3.96. The zero-order valence-corrected chi connectivity index (χ0v) is 12.3. The minimum atomic E-state index is -0.186. The Morgan fingerprint density at radius 1 is 1.45 bits per heavy atom. The number of nitrogens with two attached hydrogens (primary N) is 1. The molecule has 2 N–H and O–H groups in total. The van der Waals surface area contributed by atoms with Gasteiger partial charge in [-0.25, -0.2) is 14.6 Å². The van der Waals surface area contributed by atoms with Gasteiger partial charge in [0.05, 0.1) is 11.3 Å². The molecule has 0 bridgehead atoms. The van der Waals surface area contributed by atoms with Crippen LogP contribution in [0.2, 0.25) is 0 Å². The van der Waals surface area contributed by atoms with E-state index in [1.807, 2.05) is 10.9 Å². The molecule has 0 aromatic carbocycles. The number of rotatable bonds is 5. The quantitative estimate of drug-likeness (QED) is 0.904. The van der Waals surface area contributed by atoms with E-state index in [-0.39, 0.29) is 5.60 Å². The monoisotopic (exact) mass is 275 g/mol. The fourth-order valence-corrected chi connectivity index (χ4v) is 2.19. The highest BCUT2D eigenvalue weighted by atomic mass is 16.5. The van der Waals surface area contributed by atoms with Gasteiger partial charge in [-0.3, -0.25) is 0 Å². The van der Waals surface area contributed by atoms with Crippen LogP contribution in [-0.2, 0) is 11.3 Å². The summed E-state index contributed by atoms with van der Waals surface area (Å²) >= 11 is 0. The van der Waals surface area contributed by atoms with Crippen LogP contribution < -0.4 is 5.73 Å². The number of methoxy groups -OCH3 is 1. The number of nitrogens with zero attached hydrogens (tertiary/aromatic N) is 4. The van der Waals surface area contributed by atoms with Crippen LogP contribution in [0.1, 0.15) is 44.7 Å². The molecule has 6 nitrogen and oxygen atoms in total. The van der Waals surface area contributed by atoms with Crippen LogP contribution in [0.4, 0.5) is 5.82 Å². The van der Waals surface area contributed by atoms with Crippen molar-refractivity contribution in [2.45, 2.75) is 51.2 Å². The van der Waals surface area contributed by atoms with Crippen LogP contribution in [0.3, 0.4) is 0 Å². The minimum absolute atomic E-state index is 0.186. The Bertz CT molecular complexity index is 630. The van der Waals surface area contributed by atoms with E-state index in [1.54, 1.807) is 7.11 Å². The molecule has 0 saturated heterocycles. The summed E-state index contributed by atoms with van der Waals surface area (Å²) in [5, 5.41) is 4.36. The maximum atomic E-state index is 5.92. The molecule has 3 rings (SSSR count). The first-order valence-electron chi connectivity index (χ1n) is 7.04. The molecule has 1 aliphatic rings. The van der Waals surface area contributed by atoms with Crippen molar-refractivity contribution in [2.24, 2.45) is 0 Å². The molecule has 108 valence electrons. The molecule has 2 aromatic rings. The predicted molar refractivity (Wildman–Crippen MR) is 77.4 cm³/mol. The van der Waals surface area contributed by atoms with Crippen molar-refractivity contribution in [3.8, 4) is 0 Å². The molecule has 0 amide bonds. The van der Waals surface area contributed by atoms with Crippen molar-refractivity contribution >= 4 is 17.0 Å². The average molecular weight is 275 g/mol. The lowest BCUT2D eigenvalue weighted by molar-refractivity contribution is 0.0116. The molecule has 0 spiro atoms. The normalized spacial score (nSPS) is 15.9. The number of hydrogen-bond donors (Lipinski definition) is 1. The van der Waals surface area contributed by atoms with Gasteiger partial charge < -0.3 is 10.5 Å². The maximum Gasteiger partial charge on any atom is 0.179 e. The standard InChI is InChI=1S/C14H21N5O/c1-14(2,20-3)6-7-19-13-11(12(15)18-19)16-8-10(17-13)9-4-5-9/h8-9H,4-7H2,1-3H3,(H2,15,18). The van der Waals surface area contributed by atoms with Gasteiger partial charge in [0.25, 0.3) is 0 Å². The average Bonchev–Trinajstić information content (AvgIpc) is 3.23. The van der Waals surface area contributed by atoms with Crippen molar-refractivity contribution in [3.63, 3.8) is 0 Å². The fraction of sp³-hybridized carbons (Fsp3) is 0.643. The molecule has 0 unspecified atom stereocenters. The van der Waals surface area contributed by atoms with E-state index in [9.17, 15) is 0 Å². The highest BCUT2D eigenvalue weighted by Gasteiger charge is 2.26. The topological polar surface area (TPSA) is 78.9 Å². The Kier molecular flexibility index (Phi) is 3.12. The van der Waals surface area contributed by atoms with Crippen molar-refractivity contribution in [1.82, 2.24) is 19.7 Å². The van der Waals surface area contributed by atoms with E-state index in [4.69, 9.17) is 15.5 Å². The molecular weight excluding hydrogens is 254 g/mol. The van der Waals surface area contributed by atoms with E-state index in [0.717, 1.165) is 24.3 Å². The van der Waals surface area contributed by atoms with Crippen LogP contribution in [0.25, 0.3) is 11.2 Å². The molecule has 6 heteroatoms. The summed E-state index contributed by atoms with van der Waals surface area (Å²) in [4.78, 5) is 9.13. The van der Waals surface area contributed by atoms with Gasteiger partial charge in [-0.05, 0) is 33.1 Å². The summed E-state index contributed by atoms with van der Waals surface area (Å²) in [5.74, 6) is 1.02. The second kappa shape index (κ2) is 4.70. The Morgan fingerprint density at radius 2 is 2.20 bits per heavy atom. The summed E-state index contributed by atoms with van der Waals surface area (Å²) in [7, 11) is 1.72. The number of aryl methyl sites for hydroxylation is 1. The molecule has 0 atom stereocenters. The molecule has 0 aliphatic heterocycles. The third-order valence-corrected chi connectivity index (χ3v) is 3.96. The zero-order valence-electron chi connectivity index (χ0n) is 12.3. The molecule has 0 radical (unpaired) electrons. The Morgan fingerprint density at radius 3 is 2.85 bits per heavy atom. The number of hydrogen-bond acceptors (Lipinski definition) is 5. The highest BCUT2D eigenvalue weighted by molar-refractivity contribution is 5.81. The summed E-state index contributed by atoms with van der Waals surface area (Å²) in [5.41, 5.74) is 8.29. The van der Waals surface area contributed by atoms with Crippen molar-refractivity contribution in [3.05, 3.63) is 11.9 Å². The largest absolute Gasteiger partial charge is 0.380 e. The lowest BCUT2D eigenvalue weighted by Gasteiger charge is -2.22. The summed E-state index contributed by atoms with van der Waals surface area (Å²) in [6.45, 7) is 4.84. The second-order valence-electron chi connectivity index (χ2n) is 6.06. The van der Waals surface area contributed by atoms with Gasteiger partial charge in [0, 0.05) is 25.8 Å². The summed E-state index contributed by atoms with van der Waals surface area (Å²) in [6, 6.07) is 0. The van der Waals surface area contributed by atoms with E-state index < -0.39 is 0 Å². The molecule has 2 aromatic heterocycles. The van der Waals surface area contributed by atoms with Crippen molar-refractivity contribution in [2.75, 3.05) is 12.8 Å². The minimum Gasteiger partial charge on any atom is -0.380 e. The predicted octanol–water partition coefficient (Wildman–Crippen LogP) is 2.10. The number of aromatic nitrogens is 4. The van der Waals surface area contributed by atoms with Gasteiger partial charge in [-0.15, -0.1) is 0 Å². The third kappa shape index (κ3) is 2.47. The molecule has 20 heavy (non-hydrogen) atoms. The Labute approximate surface area is 118 Å². The van der Waals surface area contributed by atoms with Gasteiger partial charge in [0.1, 0.15) is 0 Å². The van der Waals surface area contributed by atoms with Gasteiger partial charge in [0.2, 0.25) is 0 Å². The number of nitrogen functional groups attached to an aromatic ring is 1. The maximum absolute atomic E-state index is 5.92. The molecule has 2 heterocycles. The summed E-state index contributed by atoms with van der Waals surface area (Å²) in [6.07, 6.45) is 5.09. The highest BCUT2D eigenvalue weighted by Crippen LogP contribution is 2.39. The van der Waals surface area contributed by atoms with Crippen LogP contribution in [0, 0.1) is 0 Å². The van der Waals surface area contributed by atoms with E-state index in [1.165, 1.54) is 12.8 Å². The van der Waals surface area contributed by atoms with Crippen LogP contribution in [0.15, 0.2) is 6.20 Å². The Hall–Kier alpha value is -1.69. The number of ether oxygens (including phenoxy) is 1. The van der Waals surface area contributed by atoms with E-state index in [2.05, 4.69) is 23.9 Å². The SMILES string of the molecule is COC(C)(C)CCn1nc(N)c2ncc(C3CC3)nc21. The molecule has 1 aliphatic carbocycles. The first-order chi connectivity index (χ1) is 9.50. The van der Waals surface area contributed by atoms with E-state index in [0.29, 0.717) is 17.3 Å². The number of fused-ring (bicyclic) bond motifs is 1. The van der Waals surface area contributed by atoms with Gasteiger partial charge in [0.15, 0.2) is 17.0 Å². The number of anilines is 1. The van der Waals surface area contributed by atoms with Crippen LogP contribution in [0.5, 0.6) is 0 Å². The van der Waals surface area contributed by atoms with Gasteiger partial charge in [-0.2, -0.15) is 5.10 Å². The molecule has 1 saturated carbocycles. The lowest BCUT2D eigenvalue weighted by Crippen LogP contribution is -2.24. The van der Waals surface area contributed by atoms with Crippen molar-refractivity contribution in [1.29, 1.82) is 0 Å². The van der Waals surface area contributed by atoms with Crippen LogP contribution in [-0.4, -0.2) is 32.5 Å². The van der Waals surface area contributed by atoms with Crippen LogP contribution >= 0.6 is 0 Å². The first kappa shape index (κ1) is 13.3. The summed E-state index contributed by atoms with van der Waals surface area (Å²) < 4.78 is 7.29. The zero-order chi connectivity index (χ0) is 14.3. The van der Waals surface area contributed by atoms with Crippen molar-refractivity contribution < 1.29 is 4.74 Å². The first-order valence-corrected chi connectivity index (χ1v) is 7.04. The van der Waals surface area contributed by atoms with Gasteiger partial charge in [-0.1, -0.05) is 0 Å². The fourth-order valence-electron chi connectivity index (χ4n) is 2.19. The van der Waals surface area contributed by atoms with E-state index >= 15 is 0 Å². The second-order valence-corrected chi connectivity index (χ2v) is 6.06. The Balaban J connectivity index is 1.91. The lowest BCUT2D eigenvalue weighted by atomic mass is 10.1. The molecule has 1 fully saturated rings. The molecular formula is C14H21N5O. The smallest absolute Gasteiger partial charge is 0.179 e.